The Bertz CT molecular complexity index is 462. The molecule has 19 heavy (non-hydrogen) atoms. The van der Waals surface area contributed by atoms with E-state index in [-0.39, 0.29) is 18.2 Å². The van der Waals surface area contributed by atoms with Crippen molar-refractivity contribution in [2.45, 2.75) is 18.5 Å². The second-order valence-corrected chi connectivity index (χ2v) is 3.64. The first-order chi connectivity index (χ1) is 8.43. The molecule has 0 fully saturated rings. The Morgan fingerprint density at radius 2 is 1.37 bits per heavy atom. The van der Waals surface area contributed by atoms with Crippen LogP contribution in [0.3, 0.4) is 0 Å². The second kappa shape index (κ2) is 4.72. The van der Waals surface area contributed by atoms with Crippen molar-refractivity contribution in [1.82, 2.24) is 0 Å². The van der Waals surface area contributed by atoms with Crippen LogP contribution in [0.15, 0.2) is 18.2 Å². The molecule has 106 valence electrons. The van der Waals surface area contributed by atoms with Gasteiger partial charge >= 0.3 is 12.4 Å². The van der Waals surface area contributed by atoms with Gasteiger partial charge in [0.25, 0.3) is 5.91 Å². The number of nitrogens with two attached hydrogens (primary N) is 1. The molecule has 0 aliphatic carbocycles. The Hall–Kier alpha value is -1.77. The van der Waals surface area contributed by atoms with E-state index in [1.807, 2.05) is 0 Å². The lowest BCUT2D eigenvalue weighted by Gasteiger charge is -2.15. The number of aliphatic hydroxyl groups is 1. The van der Waals surface area contributed by atoms with Gasteiger partial charge in [-0.05, 0) is 23.8 Å². The third kappa shape index (κ3) is 3.60. The molecule has 1 atom stereocenters. The lowest BCUT2D eigenvalue weighted by Crippen LogP contribution is -2.22. The molecule has 0 heterocycles. The highest BCUT2D eigenvalue weighted by molar-refractivity contribution is 5.80. The summed E-state index contributed by atoms with van der Waals surface area (Å²) in [6.07, 6.45) is -12.3. The summed E-state index contributed by atoms with van der Waals surface area (Å²) in [5, 5.41) is 9.17. The minimum absolute atomic E-state index is 0.114. The number of aliphatic hydroxyl groups excluding tert-OH is 1. The largest absolute Gasteiger partial charge is 0.416 e. The molecular formula is C10H7F6NO2. The quantitative estimate of drug-likeness (QED) is 0.819. The Morgan fingerprint density at radius 1 is 1.00 bits per heavy atom. The van der Waals surface area contributed by atoms with Crippen molar-refractivity contribution in [3.63, 3.8) is 0 Å². The van der Waals surface area contributed by atoms with Crippen LogP contribution < -0.4 is 5.73 Å². The number of amides is 1. The van der Waals surface area contributed by atoms with E-state index >= 15 is 0 Å². The van der Waals surface area contributed by atoms with Crippen molar-refractivity contribution in [1.29, 1.82) is 0 Å². The normalized spacial score (nSPS) is 14.3. The van der Waals surface area contributed by atoms with Crippen LogP contribution in [0, 0.1) is 0 Å². The summed E-state index contributed by atoms with van der Waals surface area (Å²) in [7, 11) is 0. The standard InChI is InChI=1S/C10H7F6NO2/c11-9(12,13)5-1-4(7(18)8(17)19)2-6(3-5)10(14,15)16/h1-3,7,18H,(H2,17,19). The smallest absolute Gasteiger partial charge is 0.378 e. The van der Waals surface area contributed by atoms with E-state index in [9.17, 15) is 31.1 Å². The molecule has 9 heteroatoms. The number of alkyl halides is 6. The lowest BCUT2D eigenvalue weighted by atomic mass is 10.0. The third-order valence-corrected chi connectivity index (χ3v) is 2.20. The van der Waals surface area contributed by atoms with Crippen LogP contribution in [0.4, 0.5) is 26.3 Å². The van der Waals surface area contributed by atoms with Gasteiger partial charge in [0.15, 0.2) is 6.10 Å². The number of carbonyl (C=O) groups is 1. The molecule has 1 rings (SSSR count). The van der Waals surface area contributed by atoms with Crippen LogP contribution in [0.25, 0.3) is 0 Å². The van der Waals surface area contributed by atoms with E-state index in [0.29, 0.717) is 0 Å². The summed E-state index contributed by atoms with van der Waals surface area (Å²) in [5.41, 5.74) is 0.514. The molecule has 0 saturated carbocycles. The molecule has 0 aliphatic heterocycles. The molecule has 0 aliphatic rings. The summed E-state index contributed by atoms with van der Waals surface area (Å²) in [6, 6.07) is 0.368. The Kier molecular flexibility index (Phi) is 3.80. The van der Waals surface area contributed by atoms with Gasteiger partial charge in [0.2, 0.25) is 0 Å². The fourth-order valence-corrected chi connectivity index (χ4v) is 1.30. The van der Waals surface area contributed by atoms with Gasteiger partial charge in [-0.2, -0.15) is 26.3 Å². The lowest BCUT2D eigenvalue weighted by molar-refractivity contribution is -0.143. The van der Waals surface area contributed by atoms with Crippen molar-refractivity contribution < 1.29 is 36.2 Å². The molecule has 0 aromatic heterocycles. The molecule has 1 unspecified atom stereocenters. The first kappa shape index (κ1) is 15.3. The van der Waals surface area contributed by atoms with Crippen LogP contribution >= 0.6 is 0 Å². The van der Waals surface area contributed by atoms with E-state index in [4.69, 9.17) is 5.11 Å². The predicted molar refractivity (Wildman–Crippen MR) is 50.6 cm³/mol. The number of rotatable bonds is 2. The molecular weight excluding hydrogens is 280 g/mol. The molecule has 0 bridgehead atoms. The zero-order valence-electron chi connectivity index (χ0n) is 9.01. The number of hydrogen-bond donors (Lipinski definition) is 2. The maximum Gasteiger partial charge on any atom is 0.416 e. The van der Waals surface area contributed by atoms with Crippen molar-refractivity contribution in [3.8, 4) is 0 Å². The SMILES string of the molecule is NC(=O)C(O)c1cc(C(F)(F)F)cc(C(F)(F)F)c1. The molecule has 0 spiro atoms. The van der Waals surface area contributed by atoms with Crippen LogP contribution in [-0.4, -0.2) is 11.0 Å². The van der Waals surface area contributed by atoms with Crippen LogP contribution in [0.1, 0.15) is 22.8 Å². The summed E-state index contributed by atoms with van der Waals surface area (Å²) in [5.74, 6) is -1.45. The number of primary amides is 1. The van der Waals surface area contributed by atoms with E-state index in [0.717, 1.165) is 0 Å². The van der Waals surface area contributed by atoms with Gasteiger partial charge < -0.3 is 10.8 Å². The minimum Gasteiger partial charge on any atom is -0.378 e. The van der Waals surface area contributed by atoms with Gasteiger partial charge in [0.05, 0.1) is 11.1 Å². The first-order valence-corrected chi connectivity index (χ1v) is 4.69. The highest BCUT2D eigenvalue weighted by Gasteiger charge is 2.37. The zero-order valence-corrected chi connectivity index (χ0v) is 9.01. The fourth-order valence-electron chi connectivity index (χ4n) is 1.30. The molecule has 3 N–H and O–H groups in total. The number of carbonyl (C=O) groups excluding carboxylic acids is 1. The summed E-state index contributed by atoms with van der Waals surface area (Å²) in [6.45, 7) is 0. The average Bonchev–Trinajstić information content (AvgIpc) is 2.24. The predicted octanol–water partition coefficient (Wildman–Crippen LogP) is 2.24. The van der Waals surface area contributed by atoms with Crippen molar-refractivity contribution in [2.75, 3.05) is 0 Å². The first-order valence-electron chi connectivity index (χ1n) is 4.69. The van der Waals surface area contributed by atoms with Gasteiger partial charge in [0, 0.05) is 0 Å². The Labute approximate surface area is 102 Å². The number of benzene rings is 1. The molecule has 0 radical (unpaired) electrons. The average molecular weight is 287 g/mol. The van der Waals surface area contributed by atoms with Crippen molar-refractivity contribution in [3.05, 3.63) is 34.9 Å². The minimum atomic E-state index is -5.05. The molecule has 3 nitrogen and oxygen atoms in total. The van der Waals surface area contributed by atoms with Crippen molar-refractivity contribution in [2.24, 2.45) is 5.73 Å². The van der Waals surface area contributed by atoms with E-state index < -0.39 is 41.1 Å². The molecule has 1 amide bonds. The zero-order chi connectivity index (χ0) is 15.0. The van der Waals surface area contributed by atoms with Crippen LogP contribution in [0.2, 0.25) is 0 Å². The highest BCUT2D eigenvalue weighted by Crippen LogP contribution is 2.37. The van der Waals surface area contributed by atoms with Crippen LogP contribution in [0.5, 0.6) is 0 Å². The van der Waals surface area contributed by atoms with Gasteiger partial charge in [0.1, 0.15) is 0 Å². The maximum atomic E-state index is 12.4. The van der Waals surface area contributed by atoms with Crippen molar-refractivity contribution >= 4 is 5.91 Å². The topological polar surface area (TPSA) is 63.3 Å². The highest BCUT2D eigenvalue weighted by atomic mass is 19.4. The van der Waals surface area contributed by atoms with E-state index in [1.54, 1.807) is 0 Å². The monoisotopic (exact) mass is 287 g/mol. The van der Waals surface area contributed by atoms with Gasteiger partial charge in [-0.3, -0.25) is 4.79 Å². The van der Waals surface area contributed by atoms with Gasteiger partial charge in [-0.15, -0.1) is 0 Å². The third-order valence-electron chi connectivity index (χ3n) is 2.20. The summed E-state index contributed by atoms with van der Waals surface area (Å²) in [4.78, 5) is 10.6. The maximum absolute atomic E-state index is 12.4. The summed E-state index contributed by atoms with van der Waals surface area (Å²) >= 11 is 0. The molecule has 0 saturated heterocycles. The molecule has 1 aromatic carbocycles. The Balaban J connectivity index is 3.45. The molecule has 1 aromatic rings. The van der Waals surface area contributed by atoms with E-state index in [2.05, 4.69) is 5.73 Å². The van der Waals surface area contributed by atoms with Crippen LogP contribution in [-0.2, 0) is 17.1 Å². The van der Waals surface area contributed by atoms with Gasteiger partial charge in [-0.1, -0.05) is 0 Å². The summed E-state index contributed by atoms with van der Waals surface area (Å²) < 4.78 is 74.6. The fraction of sp³-hybridized carbons (Fsp3) is 0.300. The van der Waals surface area contributed by atoms with E-state index in [1.165, 1.54) is 0 Å². The van der Waals surface area contributed by atoms with Gasteiger partial charge in [-0.25, -0.2) is 0 Å². The second-order valence-electron chi connectivity index (χ2n) is 3.64. The number of hydrogen-bond acceptors (Lipinski definition) is 2. The number of halogens is 6. The Morgan fingerprint density at radius 3 is 1.63 bits per heavy atom.